The molecule has 0 unspecified atom stereocenters. The van der Waals surface area contributed by atoms with E-state index in [4.69, 9.17) is 21.6 Å². The topological polar surface area (TPSA) is 58.8 Å². The minimum Gasteiger partial charge on any atom is -0.487 e. The number of hydrogen-bond donors (Lipinski definition) is 0. The highest BCUT2D eigenvalue weighted by molar-refractivity contribution is 6.29. The summed E-state index contributed by atoms with van der Waals surface area (Å²) in [6.45, 7) is 0.148. The van der Waals surface area contributed by atoms with E-state index in [1.807, 2.05) is 0 Å². The first-order valence-corrected chi connectivity index (χ1v) is 5.35. The molecule has 0 N–H and O–H groups in total. The van der Waals surface area contributed by atoms with Gasteiger partial charge in [0.15, 0.2) is 0 Å². The van der Waals surface area contributed by atoms with Gasteiger partial charge >= 0.3 is 0 Å². The minimum absolute atomic E-state index is 0.0198. The second-order valence-electron chi connectivity index (χ2n) is 3.37. The van der Waals surface area contributed by atoms with Crippen LogP contribution in [0.25, 0.3) is 0 Å². The van der Waals surface area contributed by atoms with Crippen molar-refractivity contribution in [2.75, 3.05) is 0 Å². The summed E-state index contributed by atoms with van der Waals surface area (Å²) in [6, 6.07) is 5.77. The van der Waals surface area contributed by atoms with Gasteiger partial charge in [-0.1, -0.05) is 11.6 Å². The predicted molar refractivity (Wildman–Crippen MR) is 62.5 cm³/mol. The number of hydrogen-bond acceptors (Lipinski definition) is 4. The smallest absolute Gasteiger partial charge is 0.147 e. The Kier molecular flexibility index (Phi) is 3.70. The lowest BCUT2D eigenvalue weighted by atomic mass is 10.2. The lowest BCUT2D eigenvalue weighted by Crippen LogP contribution is -1.99. The van der Waals surface area contributed by atoms with Crippen molar-refractivity contribution >= 4 is 11.6 Å². The average Bonchev–Trinajstić information content (AvgIpc) is 2.38. The zero-order chi connectivity index (χ0) is 13.0. The summed E-state index contributed by atoms with van der Waals surface area (Å²) in [7, 11) is 0. The van der Waals surface area contributed by atoms with E-state index in [1.54, 1.807) is 6.07 Å². The van der Waals surface area contributed by atoms with Gasteiger partial charge in [-0.25, -0.2) is 9.37 Å². The van der Waals surface area contributed by atoms with Crippen molar-refractivity contribution in [2.24, 2.45) is 0 Å². The van der Waals surface area contributed by atoms with Gasteiger partial charge in [-0.15, -0.1) is 0 Å². The van der Waals surface area contributed by atoms with E-state index in [2.05, 4.69) is 9.97 Å². The van der Waals surface area contributed by atoms with Crippen molar-refractivity contribution in [1.82, 2.24) is 9.97 Å². The fraction of sp³-hybridized carbons (Fsp3) is 0.0833. The summed E-state index contributed by atoms with van der Waals surface area (Å²) in [5.41, 5.74) is 0.554. The molecule has 0 aliphatic heterocycles. The van der Waals surface area contributed by atoms with Gasteiger partial charge in [-0.2, -0.15) is 5.26 Å². The zero-order valence-electron chi connectivity index (χ0n) is 9.10. The van der Waals surface area contributed by atoms with Crippen LogP contribution in [0.4, 0.5) is 4.39 Å². The highest BCUT2D eigenvalue weighted by Crippen LogP contribution is 2.17. The summed E-state index contributed by atoms with van der Waals surface area (Å²) in [4.78, 5) is 7.83. The molecule has 1 aromatic carbocycles. The fourth-order valence-corrected chi connectivity index (χ4v) is 1.34. The minimum atomic E-state index is -0.614. The largest absolute Gasteiger partial charge is 0.487 e. The molecule has 4 nitrogen and oxygen atoms in total. The van der Waals surface area contributed by atoms with Crippen molar-refractivity contribution in [1.29, 1.82) is 5.26 Å². The summed E-state index contributed by atoms with van der Waals surface area (Å²) >= 11 is 5.59. The molecule has 0 radical (unpaired) electrons. The van der Waals surface area contributed by atoms with Crippen LogP contribution in [0.1, 0.15) is 11.3 Å². The van der Waals surface area contributed by atoms with E-state index in [9.17, 15) is 4.39 Å². The Morgan fingerprint density at radius 2 is 2.17 bits per heavy atom. The third kappa shape index (κ3) is 2.93. The van der Waals surface area contributed by atoms with E-state index in [0.29, 0.717) is 16.6 Å². The molecule has 2 aromatic rings. The van der Waals surface area contributed by atoms with E-state index in [0.717, 1.165) is 6.07 Å². The third-order valence-corrected chi connectivity index (χ3v) is 2.32. The molecule has 1 heterocycles. The predicted octanol–water partition coefficient (Wildman–Crippen LogP) is 2.72. The standard InChI is InChI=1S/C12H7ClFN3O/c13-12-6-16-9(5-17-12)7-18-10-2-1-8(4-15)11(14)3-10/h1-3,5-6H,7H2. The van der Waals surface area contributed by atoms with Gasteiger partial charge < -0.3 is 4.74 Å². The van der Waals surface area contributed by atoms with Gasteiger partial charge in [-0.3, -0.25) is 4.98 Å². The molecule has 0 atom stereocenters. The molecule has 0 amide bonds. The van der Waals surface area contributed by atoms with Crippen LogP contribution in [0.3, 0.4) is 0 Å². The highest BCUT2D eigenvalue weighted by atomic mass is 35.5. The quantitative estimate of drug-likeness (QED) is 0.854. The van der Waals surface area contributed by atoms with Crippen LogP contribution in [-0.2, 0) is 6.61 Å². The molecule has 0 bridgehead atoms. The van der Waals surface area contributed by atoms with Gasteiger partial charge in [0.25, 0.3) is 0 Å². The number of aromatic nitrogens is 2. The Hall–Kier alpha value is -2.19. The molecule has 90 valence electrons. The van der Waals surface area contributed by atoms with Gasteiger partial charge in [-0.05, 0) is 12.1 Å². The Labute approximate surface area is 108 Å². The molecule has 6 heteroatoms. The molecule has 0 fully saturated rings. The lowest BCUT2D eigenvalue weighted by Gasteiger charge is -2.05. The highest BCUT2D eigenvalue weighted by Gasteiger charge is 2.04. The van der Waals surface area contributed by atoms with Crippen molar-refractivity contribution in [3.8, 4) is 11.8 Å². The molecule has 18 heavy (non-hydrogen) atoms. The molecule has 0 aliphatic carbocycles. The molecule has 2 rings (SSSR count). The van der Waals surface area contributed by atoms with E-state index < -0.39 is 5.82 Å². The average molecular weight is 264 g/mol. The molecule has 0 saturated heterocycles. The van der Waals surface area contributed by atoms with Gasteiger partial charge in [0.2, 0.25) is 0 Å². The number of rotatable bonds is 3. The van der Waals surface area contributed by atoms with Crippen molar-refractivity contribution in [3.05, 3.63) is 52.8 Å². The zero-order valence-corrected chi connectivity index (χ0v) is 9.86. The van der Waals surface area contributed by atoms with Crippen LogP contribution >= 0.6 is 11.6 Å². The van der Waals surface area contributed by atoms with Gasteiger partial charge in [0.05, 0.1) is 23.7 Å². The van der Waals surface area contributed by atoms with Crippen molar-refractivity contribution < 1.29 is 9.13 Å². The molecular formula is C12H7ClFN3O. The maximum Gasteiger partial charge on any atom is 0.147 e. The van der Waals surface area contributed by atoms with Crippen LogP contribution in [0, 0.1) is 17.1 Å². The van der Waals surface area contributed by atoms with Crippen molar-refractivity contribution in [2.45, 2.75) is 6.61 Å². The van der Waals surface area contributed by atoms with Crippen LogP contribution < -0.4 is 4.74 Å². The number of halogens is 2. The van der Waals surface area contributed by atoms with E-state index in [-0.39, 0.29) is 12.2 Å². The van der Waals surface area contributed by atoms with Crippen molar-refractivity contribution in [3.63, 3.8) is 0 Å². The SMILES string of the molecule is N#Cc1ccc(OCc2cnc(Cl)cn2)cc1F. The Morgan fingerprint density at radius 1 is 1.33 bits per heavy atom. The Balaban J connectivity index is 2.04. The second kappa shape index (κ2) is 5.43. The van der Waals surface area contributed by atoms with Crippen LogP contribution in [0.5, 0.6) is 5.75 Å². The first kappa shape index (κ1) is 12.3. The molecule has 0 saturated carbocycles. The number of nitrogens with zero attached hydrogens (tertiary/aromatic N) is 3. The normalized spacial score (nSPS) is 9.83. The summed E-state index contributed by atoms with van der Waals surface area (Å²) < 4.78 is 18.6. The Morgan fingerprint density at radius 3 is 2.78 bits per heavy atom. The maximum atomic E-state index is 13.3. The number of nitriles is 1. The van der Waals surface area contributed by atoms with E-state index in [1.165, 1.54) is 24.5 Å². The lowest BCUT2D eigenvalue weighted by molar-refractivity contribution is 0.299. The summed E-state index contributed by atoms with van der Waals surface area (Å²) in [5.74, 6) is -0.291. The van der Waals surface area contributed by atoms with Crippen LogP contribution in [0.15, 0.2) is 30.6 Å². The first-order valence-electron chi connectivity index (χ1n) is 4.98. The number of ether oxygens (including phenoxy) is 1. The Bertz CT molecular complexity index is 595. The number of benzene rings is 1. The van der Waals surface area contributed by atoms with Gasteiger partial charge in [0, 0.05) is 6.07 Å². The van der Waals surface area contributed by atoms with Crippen LogP contribution in [0.2, 0.25) is 5.15 Å². The molecule has 0 spiro atoms. The molecule has 1 aromatic heterocycles. The second-order valence-corrected chi connectivity index (χ2v) is 3.76. The third-order valence-electron chi connectivity index (χ3n) is 2.12. The maximum absolute atomic E-state index is 13.3. The fourth-order valence-electron chi connectivity index (χ4n) is 1.25. The van der Waals surface area contributed by atoms with Gasteiger partial charge in [0.1, 0.15) is 29.4 Å². The molecule has 0 aliphatic rings. The van der Waals surface area contributed by atoms with E-state index >= 15 is 0 Å². The summed E-state index contributed by atoms with van der Waals surface area (Å²) in [6.07, 6.45) is 2.88. The summed E-state index contributed by atoms with van der Waals surface area (Å²) in [5, 5.41) is 8.88. The first-order chi connectivity index (χ1) is 8.69. The molecular weight excluding hydrogens is 257 g/mol. The van der Waals surface area contributed by atoms with Crippen LogP contribution in [-0.4, -0.2) is 9.97 Å². The monoisotopic (exact) mass is 263 g/mol.